The number of piperidine rings is 1. The Bertz CT molecular complexity index is 949. The van der Waals surface area contributed by atoms with Crippen LogP contribution in [0.4, 0.5) is 4.39 Å². The molecule has 0 saturated carbocycles. The van der Waals surface area contributed by atoms with E-state index in [-0.39, 0.29) is 23.4 Å². The van der Waals surface area contributed by atoms with Crippen LogP contribution in [-0.4, -0.2) is 31.7 Å². The Labute approximate surface area is 175 Å². The molecule has 0 spiro atoms. The maximum absolute atomic E-state index is 13.1. The van der Waals surface area contributed by atoms with Gasteiger partial charge in [-0.25, -0.2) is 12.8 Å². The summed E-state index contributed by atoms with van der Waals surface area (Å²) in [6.07, 6.45) is 1.92. The summed E-state index contributed by atoms with van der Waals surface area (Å²) in [7, 11) is -3.76. The highest BCUT2D eigenvalue weighted by molar-refractivity contribution is 7.89. The average molecular weight is 439 g/mol. The van der Waals surface area contributed by atoms with Crippen LogP contribution in [-0.2, 0) is 14.8 Å². The van der Waals surface area contributed by atoms with E-state index in [4.69, 9.17) is 11.6 Å². The maximum Gasteiger partial charge on any atom is 0.243 e. The van der Waals surface area contributed by atoms with E-state index in [1.54, 1.807) is 12.1 Å². The van der Waals surface area contributed by atoms with Crippen molar-refractivity contribution in [2.45, 2.75) is 37.1 Å². The lowest BCUT2D eigenvalue weighted by Crippen LogP contribution is -2.46. The zero-order valence-corrected chi connectivity index (χ0v) is 17.7. The Morgan fingerprint density at radius 1 is 1.21 bits per heavy atom. The lowest BCUT2D eigenvalue weighted by molar-refractivity contribution is -0.126. The summed E-state index contributed by atoms with van der Waals surface area (Å²) in [5, 5.41) is 3.67. The van der Waals surface area contributed by atoms with Crippen molar-refractivity contribution < 1.29 is 17.6 Å². The van der Waals surface area contributed by atoms with Crippen molar-refractivity contribution in [3.63, 3.8) is 0 Å². The summed E-state index contributed by atoms with van der Waals surface area (Å²) in [6, 6.07) is 11.9. The molecule has 156 valence electrons. The standard InChI is InChI=1S/C21H24ClFN2O3S/c1-2-20(15-5-7-17(22)8-6-15)24-21(26)16-4-3-13-25(14-16)29(27,28)19-11-9-18(23)10-12-19/h5-12,16,20H,2-4,13-14H2,1H3,(H,24,26). The lowest BCUT2D eigenvalue weighted by Gasteiger charge is -2.32. The molecule has 2 atom stereocenters. The summed E-state index contributed by atoms with van der Waals surface area (Å²) < 4.78 is 40.2. The molecule has 1 aliphatic heterocycles. The van der Waals surface area contributed by atoms with E-state index < -0.39 is 21.8 Å². The number of sulfonamides is 1. The highest BCUT2D eigenvalue weighted by Crippen LogP contribution is 2.26. The van der Waals surface area contributed by atoms with Gasteiger partial charge in [0.25, 0.3) is 0 Å². The van der Waals surface area contributed by atoms with E-state index in [1.165, 1.54) is 16.4 Å². The van der Waals surface area contributed by atoms with Crippen molar-refractivity contribution in [1.82, 2.24) is 9.62 Å². The monoisotopic (exact) mass is 438 g/mol. The minimum atomic E-state index is -3.76. The number of hydrogen-bond donors (Lipinski definition) is 1. The molecule has 1 saturated heterocycles. The third-order valence-electron chi connectivity index (χ3n) is 5.20. The quantitative estimate of drug-likeness (QED) is 0.736. The summed E-state index contributed by atoms with van der Waals surface area (Å²) >= 11 is 5.93. The third-order valence-corrected chi connectivity index (χ3v) is 7.33. The first-order valence-corrected chi connectivity index (χ1v) is 11.4. The van der Waals surface area contributed by atoms with Gasteiger partial charge in [-0.15, -0.1) is 0 Å². The van der Waals surface area contributed by atoms with Crippen LogP contribution in [0.2, 0.25) is 5.02 Å². The molecule has 29 heavy (non-hydrogen) atoms. The second-order valence-electron chi connectivity index (χ2n) is 7.18. The molecule has 0 aliphatic carbocycles. The summed E-state index contributed by atoms with van der Waals surface area (Å²) in [6.45, 7) is 2.44. The fourth-order valence-electron chi connectivity index (χ4n) is 3.54. The number of carbonyl (C=O) groups is 1. The second-order valence-corrected chi connectivity index (χ2v) is 9.55. The first-order chi connectivity index (χ1) is 13.8. The number of benzene rings is 2. The molecule has 2 aromatic carbocycles. The summed E-state index contributed by atoms with van der Waals surface area (Å²) in [5.41, 5.74) is 0.955. The van der Waals surface area contributed by atoms with Gasteiger partial charge in [-0.05, 0) is 61.2 Å². The van der Waals surface area contributed by atoms with E-state index in [0.717, 1.165) is 17.7 Å². The molecule has 1 N–H and O–H groups in total. The van der Waals surface area contributed by atoms with Crippen LogP contribution in [0.1, 0.15) is 37.8 Å². The minimum absolute atomic E-state index is 0.0348. The van der Waals surface area contributed by atoms with Gasteiger partial charge in [0.1, 0.15) is 5.82 Å². The number of halogens is 2. The normalized spacial score (nSPS) is 18.9. The molecule has 3 rings (SSSR count). The smallest absolute Gasteiger partial charge is 0.243 e. The highest BCUT2D eigenvalue weighted by atomic mass is 35.5. The summed E-state index contributed by atoms with van der Waals surface area (Å²) in [5.74, 6) is -1.08. The van der Waals surface area contributed by atoms with Crippen LogP contribution in [0.3, 0.4) is 0 Å². The Morgan fingerprint density at radius 2 is 1.86 bits per heavy atom. The lowest BCUT2D eigenvalue weighted by atomic mass is 9.97. The predicted molar refractivity (Wildman–Crippen MR) is 111 cm³/mol. The molecule has 2 unspecified atom stereocenters. The number of nitrogens with one attached hydrogen (secondary N) is 1. The van der Waals surface area contributed by atoms with E-state index in [1.807, 2.05) is 19.1 Å². The van der Waals surface area contributed by atoms with Gasteiger partial charge in [0.15, 0.2) is 0 Å². The fourth-order valence-corrected chi connectivity index (χ4v) is 5.19. The molecular weight excluding hydrogens is 415 g/mol. The van der Waals surface area contributed by atoms with E-state index in [0.29, 0.717) is 30.8 Å². The minimum Gasteiger partial charge on any atom is -0.349 e. The van der Waals surface area contributed by atoms with Gasteiger partial charge >= 0.3 is 0 Å². The molecule has 2 aromatic rings. The Kier molecular flexibility index (Phi) is 6.93. The summed E-state index contributed by atoms with van der Waals surface area (Å²) in [4.78, 5) is 12.9. The van der Waals surface area contributed by atoms with Gasteiger partial charge in [0.05, 0.1) is 16.9 Å². The molecule has 0 bridgehead atoms. The average Bonchev–Trinajstić information content (AvgIpc) is 2.73. The van der Waals surface area contributed by atoms with Gasteiger partial charge in [-0.1, -0.05) is 30.7 Å². The number of carbonyl (C=O) groups excluding carboxylic acids is 1. The molecule has 0 radical (unpaired) electrons. The van der Waals surface area contributed by atoms with Crippen LogP contribution in [0, 0.1) is 11.7 Å². The Hall–Kier alpha value is -1.96. The third kappa shape index (κ3) is 5.15. The predicted octanol–water partition coefficient (Wildman–Crippen LogP) is 4.15. The molecule has 0 aromatic heterocycles. The largest absolute Gasteiger partial charge is 0.349 e. The molecule has 8 heteroatoms. The number of amides is 1. The van der Waals surface area contributed by atoms with Crippen molar-refractivity contribution in [3.05, 3.63) is 64.9 Å². The van der Waals surface area contributed by atoms with Crippen molar-refractivity contribution in [1.29, 1.82) is 0 Å². The Balaban J connectivity index is 1.70. The number of nitrogens with zero attached hydrogens (tertiary/aromatic N) is 1. The van der Waals surface area contributed by atoms with Crippen LogP contribution in [0.15, 0.2) is 53.4 Å². The molecule has 1 fully saturated rings. The van der Waals surface area contributed by atoms with E-state index >= 15 is 0 Å². The topological polar surface area (TPSA) is 66.5 Å². The van der Waals surface area contributed by atoms with Gasteiger partial charge < -0.3 is 5.32 Å². The first kappa shape index (κ1) is 21.7. The SMILES string of the molecule is CCC(NC(=O)C1CCCN(S(=O)(=O)c2ccc(F)cc2)C1)c1ccc(Cl)cc1. The Morgan fingerprint density at radius 3 is 2.48 bits per heavy atom. The zero-order chi connectivity index (χ0) is 21.0. The maximum atomic E-state index is 13.1. The van der Waals surface area contributed by atoms with Gasteiger partial charge in [0, 0.05) is 18.1 Å². The molecule has 1 aliphatic rings. The van der Waals surface area contributed by atoms with Crippen LogP contribution in [0.5, 0.6) is 0 Å². The molecule has 1 heterocycles. The molecule has 1 amide bonds. The van der Waals surface area contributed by atoms with Crippen molar-refractivity contribution in [2.24, 2.45) is 5.92 Å². The highest BCUT2D eigenvalue weighted by Gasteiger charge is 2.34. The fraction of sp³-hybridized carbons (Fsp3) is 0.381. The van der Waals surface area contributed by atoms with E-state index in [9.17, 15) is 17.6 Å². The van der Waals surface area contributed by atoms with Crippen molar-refractivity contribution in [2.75, 3.05) is 13.1 Å². The van der Waals surface area contributed by atoms with Gasteiger partial charge in [-0.3, -0.25) is 4.79 Å². The number of rotatable bonds is 6. The number of hydrogen-bond acceptors (Lipinski definition) is 3. The first-order valence-electron chi connectivity index (χ1n) is 9.63. The van der Waals surface area contributed by atoms with Gasteiger partial charge in [-0.2, -0.15) is 4.31 Å². The van der Waals surface area contributed by atoms with Crippen molar-refractivity contribution in [3.8, 4) is 0 Å². The second kappa shape index (κ2) is 9.24. The molecule has 5 nitrogen and oxygen atoms in total. The van der Waals surface area contributed by atoms with Crippen molar-refractivity contribution >= 4 is 27.5 Å². The van der Waals surface area contributed by atoms with Crippen LogP contribution < -0.4 is 5.32 Å². The van der Waals surface area contributed by atoms with Gasteiger partial charge in [0.2, 0.25) is 15.9 Å². The van der Waals surface area contributed by atoms with Crippen LogP contribution in [0.25, 0.3) is 0 Å². The van der Waals surface area contributed by atoms with E-state index in [2.05, 4.69) is 5.32 Å². The molecular formula is C21H24ClFN2O3S. The van der Waals surface area contributed by atoms with Crippen LogP contribution >= 0.6 is 11.6 Å². The zero-order valence-electron chi connectivity index (χ0n) is 16.1.